The zero-order valence-corrected chi connectivity index (χ0v) is 11.4. The van der Waals surface area contributed by atoms with Crippen molar-refractivity contribution in [3.63, 3.8) is 0 Å². The molecule has 1 aromatic rings. The van der Waals surface area contributed by atoms with Crippen LogP contribution in [0.1, 0.15) is 49.0 Å². The summed E-state index contributed by atoms with van der Waals surface area (Å²) in [6.07, 6.45) is 1.06. The molecule has 1 aromatic carbocycles. The maximum absolute atomic E-state index is 12.0. The van der Waals surface area contributed by atoms with Crippen molar-refractivity contribution in [2.75, 3.05) is 7.11 Å². The molecule has 0 spiro atoms. The molecule has 3 heteroatoms. The summed E-state index contributed by atoms with van der Waals surface area (Å²) in [6, 6.07) is 7.46. The smallest absolute Gasteiger partial charge is 0.316 e. The molecule has 2 atom stereocenters. The first-order valence-corrected chi connectivity index (χ1v) is 6.23. The fourth-order valence-electron chi connectivity index (χ4n) is 1.75. The topological polar surface area (TPSA) is 43.4 Å². The lowest BCUT2D eigenvalue weighted by Crippen LogP contribution is -2.22. The van der Waals surface area contributed by atoms with E-state index in [1.807, 2.05) is 12.1 Å². The number of benzene rings is 1. The number of Topliss-reactive ketones (excluding diaryl/α,β-unsaturated/α-hetero) is 1. The maximum Gasteiger partial charge on any atom is 0.316 e. The van der Waals surface area contributed by atoms with Crippen molar-refractivity contribution in [3.05, 3.63) is 35.4 Å². The average Bonchev–Trinajstić information content (AvgIpc) is 2.44. The molecule has 0 fully saturated rings. The largest absolute Gasteiger partial charge is 0.468 e. The van der Waals surface area contributed by atoms with Gasteiger partial charge in [0.1, 0.15) is 5.92 Å². The summed E-state index contributed by atoms with van der Waals surface area (Å²) in [5, 5.41) is 0. The Hall–Kier alpha value is -1.64. The van der Waals surface area contributed by atoms with Crippen LogP contribution in [-0.2, 0) is 9.53 Å². The summed E-state index contributed by atoms with van der Waals surface area (Å²) in [6.45, 7) is 5.84. The molecule has 0 aromatic heterocycles. The number of ether oxygens (including phenoxy) is 1. The first-order chi connectivity index (χ1) is 8.51. The number of carbonyl (C=O) groups excluding carboxylic acids is 2. The van der Waals surface area contributed by atoms with Crippen LogP contribution in [0.15, 0.2) is 24.3 Å². The van der Waals surface area contributed by atoms with Crippen molar-refractivity contribution in [1.29, 1.82) is 0 Å². The van der Waals surface area contributed by atoms with Crippen LogP contribution in [0.25, 0.3) is 0 Å². The van der Waals surface area contributed by atoms with Crippen molar-refractivity contribution < 1.29 is 14.3 Å². The van der Waals surface area contributed by atoms with Gasteiger partial charge in [-0.25, -0.2) is 0 Å². The number of esters is 1. The van der Waals surface area contributed by atoms with Crippen molar-refractivity contribution in [1.82, 2.24) is 0 Å². The molecule has 3 nitrogen and oxygen atoms in total. The highest BCUT2D eigenvalue weighted by Crippen LogP contribution is 2.20. The van der Waals surface area contributed by atoms with Crippen LogP contribution in [0, 0.1) is 5.92 Å². The van der Waals surface area contributed by atoms with E-state index in [-0.39, 0.29) is 5.78 Å². The third kappa shape index (κ3) is 3.19. The molecule has 98 valence electrons. The third-order valence-corrected chi connectivity index (χ3v) is 3.32. The van der Waals surface area contributed by atoms with E-state index in [2.05, 4.69) is 18.6 Å². The van der Waals surface area contributed by atoms with E-state index in [0.29, 0.717) is 11.5 Å². The summed E-state index contributed by atoms with van der Waals surface area (Å²) in [4.78, 5) is 23.3. The second-order valence-corrected chi connectivity index (χ2v) is 4.54. The molecule has 0 bridgehead atoms. The van der Waals surface area contributed by atoms with Gasteiger partial charge in [0.25, 0.3) is 0 Å². The van der Waals surface area contributed by atoms with E-state index in [9.17, 15) is 9.59 Å². The zero-order valence-electron chi connectivity index (χ0n) is 11.4. The van der Waals surface area contributed by atoms with E-state index in [1.54, 1.807) is 19.1 Å². The Labute approximate surface area is 108 Å². The van der Waals surface area contributed by atoms with Crippen molar-refractivity contribution in [2.24, 2.45) is 5.92 Å². The molecule has 1 rings (SSSR count). The number of carbonyl (C=O) groups is 2. The molecule has 0 aliphatic carbocycles. The van der Waals surface area contributed by atoms with Gasteiger partial charge in [0, 0.05) is 5.56 Å². The van der Waals surface area contributed by atoms with E-state index in [4.69, 9.17) is 0 Å². The summed E-state index contributed by atoms with van der Waals surface area (Å²) < 4.78 is 4.57. The Morgan fingerprint density at radius 2 is 1.72 bits per heavy atom. The van der Waals surface area contributed by atoms with Crippen LogP contribution in [0.5, 0.6) is 0 Å². The lowest BCUT2D eigenvalue weighted by molar-refractivity contribution is -0.143. The zero-order chi connectivity index (χ0) is 13.7. The van der Waals surface area contributed by atoms with E-state index in [1.165, 1.54) is 12.7 Å². The van der Waals surface area contributed by atoms with Crippen LogP contribution in [0.2, 0.25) is 0 Å². The Balaban J connectivity index is 2.85. The van der Waals surface area contributed by atoms with Gasteiger partial charge in [-0.3, -0.25) is 9.59 Å². The van der Waals surface area contributed by atoms with Gasteiger partial charge in [-0.1, -0.05) is 38.1 Å². The molecule has 0 amide bonds. The number of ketones is 1. The lowest BCUT2D eigenvalue weighted by atomic mass is 9.94. The van der Waals surface area contributed by atoms with Gasteiger partial charge in [0.05, 0.1) is 7.11 Å². The molecule has 0 aliphatic heterocycles. The van der Waals surface area contributed by atoms with Gasteiger partial charge in [-0.2, -0.15) is 0 Å². The lowest BCUT2D eigenvalue weighted by Gasteiger charge is -2.11. The minimum absolute atomic E-state index is 0.197. The predicted octanol–water partition coefficient (Wildman–Crippen LogP) is 3.19. The molecule has 18 heavy (non-hydrogen) atoms. The molecular weight excluding hydrogens is 228 g/mol. The Morgan fingerprint density at radius 1 is 1.17 bits per heavy atom. The van der Waals surface area contributed by atoms with Gasteiger partial charge in [-0.15, -0.1) is 0 Å². The second-order valence-electron chi connectivity index (χ2n) is 4.54. The number of hydrogen-bond acceptors (Lipinski definition) is 3. The van der Waals surface area contributed by atoms with Crippen LogP contribution >= 0.6 is 0 Å². The van der Waals surface area contributed by atoms with Gasteiger partial charge in [0.2, 0.25) is 0 Å². The standard InChI is InChI=1S/C15H20O3/c1-5-10(2)12-6-8-13(9-7-12)14(16)11(3)15(17)18-4/h6-11H,5H2,1-4H3. The van der Waals surface area contributed by atoms with Gasteiger partial charge >= 0.3 is 5.97 Å². The van der Waals surface area contributed by atoms with E-state index >= 15 is 0 Å². The normalized spacial score (nSPS) is 13.8. The quantitative estimate of drug-likeness (QED) is 0.456. The minimum Gasteiger partial charge on any atom is -0.468 e. The Morgan fingerprint density at radius 3 is 2.17 bits per heavy atom. The van der Waals surface area contributed by atoms with Gasteiger partial charge in [0.15, 0.2) is 5.78 Å². The summed E-state index contributed by atoms with van der Waals surface area (Å²) in [7, 11) is 1.29. The predicted molar refractivity (Wildman–Crippen MR) is 70.7 cm³/mol. The molecular formula is C15H20O3. The monoisotopic (exact) mass is 248 g/mol. The first kappa shape index (κ1) is 14.4. The van der Waals surface area contributed by atoms with Gasteiger partial charge < -0.3 is 4.74 Å². The molecule has 0 aliphatic rings. The van der Waals surface area contributed by atoms with E-state index < -0.39 is 11.9 Å². The molecule has 0 heterocycles. The molecule has 2 unspecified atom stereocenters. The summed E-state index contributed by atoms with van der Waals surface area (Å²) in [5.74, 6) is -0.958. The molecule has 0 N–H and O–H groups in total. The Bertz CT molecular complexity index is 420. The van der Waals surface area contributed by atoms with Crippen LogP contribution in [-0.4, -0.2) is 18.9 Å². The third-order valence-electron chi connectivity index (χ3n) is 3.32. The van der Waals surface area contributed by atoms with E-state index in [0.717, 1.165) is 6.42 Å². The Kier molecular flexibility index (Phi) is 5.08. The average molecular weight is 248 g/mol. The van der Waals surface area contributed by atoms with Gasteiger partial charge in [-0.05, 0) is 24.8 Å². The first-order valence-electron chi connectivity index (χ1n) is 6.23. The highest BCUT2D eigenvalue weighted by Gasteiger charge is 2.23. The van der Waals surface area contributed by atoms with Crippen molar-refractivity contribution in [2.45, 2.75) is 33.1 Å². The molecule has 0 saturated carbocycles. The van der Waals surface area contributed by atoms with Crippen LogP contribution in [0.4, 0.5) is 0 Å². The summed E-state index contributed by atoms with van der Waals surface area (Å²) in [5.41, 5.74) is 1.76. The minimum atomic E-state index is -0.746. The SMILES string of the molecule is CCC(C)c1ccc(C(=O)C(C)C(=O)OC)cc1. The molecule has 0 radical (unpaired) electrons. The van der Waals surface area contributed by atoms with Crippen LogP contribution in [0.3, 0.4) is 0 Å². The second kappa shape index (κ2) is 6.34. The fraction of sp³-hybridized carbons (Fsp3) is 0.467. The highest BCUT2D eigenvalue weighted by molar-refractivity contribution is 6.08. The highest BCUT2D eigenvalue weighted by atomic mass is 16.5. The molecule has 0 saturated heterocycles. The maximum atomic E-state index is 12.0. The number of hydrogen-bond donors (Lipinski definition) is 0. The number of methoxy groups -OCH3 is 1. The summed E-state index contributed by atoms with van der Waals surface area (Å²) >= 11 is 0. The van der Waals surface area contributed by atoms with Crippen molar-refractivity contribution >= 4 is 11.8 Å². The number of rotatable bonds is 5. The fourth-order valence-corrected chi connectivity index (χ4v) is 1.75. The van der Waals surface area contributed by atoms with Crippen molar-refractivity contribution in [3.8, 4) is 0 Å². The van der Waals surface area contributed by atoms with Crippen LogP contribution < -0.4 is 0 Å².